The molecule has 2 heterocycles. The highest BCUT2D eigenvalue weighted by atomic mass is 16.5. The van der Waals surface area contributed by atoms with E-state index in [1.165, 1.54) is 0 Å². The number of unbranched alkanes of at least 4 members (excludes halogenated alkanes) is 1. The third-order valence-corrected chi connectivity index (χ3v) is 4.84. The van der Waals surface area contributed by atoms with Crippen molar-refractivity contribution in [2.24, 2.45) is 0 Å². The average Bonchev–Trinajstić information content (AvgIpc) is 2.73. The largest absolute Gasteiger partial charge is 0.480 e. The van der Waals surface area contributed by atoms with Crippen molar-refractivity contribution >= 4 is 16.9 Å². The Morgan fingerprint density at radius 2 is 2.10 bits per heavy atom. The van der Waals surface area contributed by atoms with Gasteiger partial charge >= 0.3 is 5.63 Å². The maximum atomic E-state index is 12.4. The Morgan fingerprint density at radius 3 is 2.83 bits per heavy atom. The first-order valence-corrected chi connectivity index (χ1v) is 9.90. The number of carbonyl (C=O) groups excluding carboxylic acids is 1. The molecule has 6 heteroatoms. The summed E-state index contributed by atoms with van der Waals surface area (Å²) in [7, 11) is 0. The summed E-state index contributed by atoms with van der Waals surface area (Å²) in [4.78, 5) is 28.6. The highest BCUT2D eigenvalue weighted by Crippen LogP contribution is 2.29. The van der Waals surface area contributed by atoms with Crippen LogP contribution in [0.25, 0.3) is 11.0 Å². The van der Waals surface area contributed by atoms with E-state index in [-0.39, 0.29) is 11.5 Å². The van der Waals surface area contributed by atoms with Gasteiger partial charge in [0.05, 0.1) is 12.2 Å². The molecule has 3 rings (SSSR count). The third-order valence-electron chi connectivity index (χ3n) is 4.84. The van der Waals surface area contributed by atoms with E-state index in [9.17, 15) is 9.59 Å². The zero-order chi connectivity index (χ0) is 20.8. The molecule has 29 heavy (non-hydrogen) atoms. The van der Waals surface area contributed by atoms with Gasteiger partial charge in [-0.3, -0.25) is 9.78 Å². The molecule has 3 aromatic rings. The molecule has 0 saturated heterocycles. The van der Waals surface area contributed by atoms with Crippen LogP contribution < -0.4 is 15.7 Å². The first kappa shape index (κ1) is 20.6. The minimum absolute atomic E-state index is 0.242. The lowest BCUT2D eigenvalue weighted by Crippen LogP contribution is -2.36. The van der Waals surface area contributed by atoms with Crippen molar-refractivity contribution < 1.29 is 13.9 Å². The van der Waals surface area contributed by atoms with Crippen molar-refractivity contribution in [2.75, 3.05) is 0 Å². The molecular formula is C23H26N2O4. The van der Waals surface area contributed by atoms with Crippen LogP contribution in [0.3, 0.4) is 0 Å². The number of aromatic nitrogens is 1. The van der Waals surface area contributed by atoms with Crippen LogP contribution in [0.15, 0.2) is 51.8 Å². The minimum Gasteiger partial charge on any atom is -0.480 e. The molecule has 2 aromatic heterocycles. The molecule has 0 aliphatic rings. The maximum Gasteiger partial charge on any atom is 0.336 e. The monoisotopic (exact) mass is 394 g/mol. The number of ether oxygens (including phenoxy) is 1. The fourth-order valence-electron chi connectivity index (χ4n) is 3.18. The summed E-state index contributed by atoms with van der Waals surface area (Å²) >= 11 is 0. The molecule has 6 nitrogen and oxygen atoms in total. The number of amides is 1. The van der Waals surface area contributed by atoms with E-state index in [4.69, 9.17) is 9.15 Å². The molecule has 152 valence electrons. The highest BCUT2D eigenvalue weighted by molar-refractivity contribution is 5.85. The van der Waals surface area contributed by atoms with Crippen molar-refractivity contribution in [1.82, 2.24) is 10.3 Å². The number of hydrogen-bond acceptors (Lipinski definition) is 5. The predicted octanol–water partition coefficient (Wildman–Crippen LogP) is 3.92. The number of fused-ring (bicyclic) bond motifs is 1. The van der Waals surface area contributed by atoms with Crippen LogP contribution >= 0.6 is 0 Å². The molecule has 1 amide bonds. The van der Waals surface area contributed by atoms with Gasteiger partial charge in [0.25, 0.3) is 5.91 Å². The number of nitrogens with zero attached hydrogens (tertiary/aromatic N) is 1. The molecule has 0 aliphatic carbocycles. The van der Waals surface area contributed by atoms with Gasteiger partial charge in [-0.2, -0.15) is 0 Å². The van der Waals surface area contributed by atoms with E-state index >= 15 is 0 Å². The fourth-order valence-corrected chi connectivity index (χ4v) is 3.18. The lowest BCUT2D eigenvalue weighted by molar-refractivity contribution is -0.127. The van der Waals surface area contributed by atoms with Crippen LogP contribution in [0.2, 0.25) is 0 Å². The van der Waals surface area contributed by atoms with Gasteiger partial charge in [-0.15, -0.1) is 0 Å². The lowest BCUT2D eigenvalue weighted by atomic mass is 10.0. The second kappa shape index (κ2) is 9.37. The second-order valence-electron chi connectivity index (χ2n) is 7.06. The molecular weight excluding hydrogens is 368 g/mol. The summed E-state index contributed by atoms with van der Waals surface area (Å²) in [6, 6.07) is 10.8. The van der Waals surface area contributed by atoms with Gasteiger partial charge in [0.1, 0.15) is 11.3 Å². The standard InChI is InChI=1S/C23H26N2O4/c1-4-5-8-17-13-21(26)29-22-15(2)20(11-10-19(17)22)28-16(3)23(27)25-14-18-9-6-7-12-24-18/h6-7,9-13,16H,4-5,8,14H2,1-3H3,(H,25,27)/t16-/m0/s1. The van der Waals surface area contributed by atoms with E-state index in [0.29, 0.717) is 23.4 Å². The van der Waals surface area contributed by atoms with E-state index in [2.05, 4.69) is 17.2 Å². The molecule has 0 fully saturated rings. The Kier molecular flexibility index (Phi) is 6.65. The number of benzene rings is 1. The predicted molar refractivity (Wildman–Crippen MR) is 112 cm³/mol. The molecule has 0 spiro atoms. The normalized spacial score (nSPS) is 12.0. The van der Waals surface area contributed by atoms with Crippen LogP contribution in [-0.4, -0.2) is 17.0 Å². The van der Waals surface area contributed by atoms with Gasteiger partial charge in [-0.25, -0.2) is 4.79 Å². The van der Waals surface area contributed by atoms with Gasteiger partial charge in [-0.05, 0) is 56.5 Å². The van der Waals surface area contributed by atoms with Gasteiger partial charge in [0.15, 0.2) is 6.10 Å². The molecule has 1 N–H and O–H groups in total. The van der Waals surface area contributed by atoms with Crippen LogP contribution in [0.5, 0.6) is 5.75 Å². The Hall–Kier alpha value is -3.15. The molecule has 0 bridgehead atoms. The molecule has 0 aliphatic heterocycles. The minimum atomic E-state index is -0.704. The van der Waals surface area contributed by atoms with Crippen molar-refractivity contribution in [3.05, 3.63) is 69.8 Å². The van der Waals surface area contributed by atoms with Crippen molar-refractivity contribution in [1.29, 1.82) is 0 Å². The summed E-state index contributed by atoms with van der Waals surface area (Å²) in [5.41, 5.74) is 2.61. The van der Waals surface area contributed by atoms with Gasteiger partial charge in [0.2, 0.25) is 0 Å². The average molecular weight is 394 g/mol. The van der Waals surface area contributed by atoms with E-state index in [0.717, 1.165) is 35.9 Å². The van der Waals surface area contributed by atoms with E-state index in [1.807, 2.05) is 37.3 Å². The highest BCUT2D eigenvalue weighted by Gasteiger charge is 2.18. The zero-order valence-corrected chi connectivity index (χ0v) is 17.0. The summed E-state index contributed by atoms with van der Waals surface area (Å²) in [6.07, 6.45) is 3.86. The zero-order valence-electron chi connectivity index (χ0n) is 17.0. The maximum absolute atomic E-state index is 12.4. The van der Waals surface area contributed by atoms with Crippen LogP contribution in [0.1, 0.15) is 43.5 Å². The molecule has 0 radical (unpaired) electrons. The first-order chi connectivity index (χ1) is 14.0. The number of nitrogens with one attached hydrogen (secondary N) is 1. The van der Waals surface area contributed by atoms with Crippen LogP contribution in [-0.2, 0) is 17.8 Å². The summed E-state index contributed by atoms with van der Waals surface area (Å²) < 4.78 is 11.3. The van der Waals surface area contributed by atoms with Gasteiger partial charge < -0.3 is 14.5 Å². The fraction of sp³-hybridized carbons (Fsp3) is 0.348. The smallest absolute Gasteiger partial charge is 0.336 e. The topological polar surface area (TPSA) is 81.4 Å². The van der Waals surface area contributed by atoms with E-state index in [1.54, 1.807) is 19.2 Å². The van der Waals surface area contributed by atoms with Gasteiger partial charge in [0, 0.05) is 23.2 Å². The Bertz CT molecular complexity index is 1040. The Morgan fingerprint density at radius 1 is 1.28 bits per heavy atom. The summed E-state index contributed by atoms with van der Waals surface area (Å²) in [5, 5.41) is 3.73. The number of rotatable bonds is 8. The Balaban J connectivity index is 1.76. The second-order valence-corrected chi connectivity index (χ2v) is 7.06. The van der Waals surface area contributed by atoms with Crippen LogP contribution in [0.4, 0.5) is 0 Å². The van der Waals surface area contributed by atoms with Crippen molar-refractivity contribution in [2.45, 2.75) is 52.7 Å². The number of hydrogen-bond donors (Lipinski definition) is 1. The third kappa shape index (κ3) is 5.02. The SMILES string of the molecule is CCCCc1cc(=O)oc2c(C)c(O[C@@H](C)C(=O)NCc3ccccn3)ccc12. The lowest BCUT2D eigenvalue weighted by Gasteiger charge is -2.17. The molecule has 0 unspecified atom stereocenters. The van der Waals surface area contributed by atoms with Crippen molar-refractivity contribution in [3.63, 3.8) is 0 Å². The quantitative estimate of drug-likeness (QED) is 0.586. The summed E-state index contributed by atoms with van der Waals surface area (Å²) in [6.45, 7) is 5.97. The molecule has 1 atom stereocenters. The van der Waals surface area contributed by atoms with Crippen molar-refractivity contribution in [3.8, 4) is 5.75 Å². The number of aryl methyl sites for hydroxylation is 2. The van der Waals surface area contributed by atoms with Crippen LogP contribution in [0, 0.1) is 6.92 Å². The first-order valence-electron chi connectivity index (χ1n) is 9.90. The number of carbonyl (C=O) groups is 1. The molecule has 0 saturated carbocycles. The van der Waals surface area contributed by atoms with E-state index < -0.39 is 6.10 Å². The molecule has 1 aromatic carbocycles. The summed E-state index contributed by atoms with van der Waals surface area (Å²) in [5.74, 6) is 0.280. The Labute approximate surface area is 169 Å². The number of pyridine rings is 1. The van der Waals surface area contributed by atoms with Gasteiger partial charge in [-0.1, -0.05) is 19.4 Å².